The lowest BCUT2D eigenvalue weighted by molar-refractivity contribution is -0.142. The van der Waals surface area contributed by atoms with Gasteiger partial charge in [-0.05, 0) is 0 Å². The summed E-state index contributed by atoms with van der Waals surface area (Å²) in [5, 5.41) is 9.07. The number of hydrogen-bond acceptors (Lipinski definition) is 5. The highest BCUT2D eigenvalue weighted by atomic mass is 32.2. The van der Waals surface area contributed by atoms with Crippen molar-refractivity contribution in [3.05, 3.63) is 0 Å². The van der Waals surface area contributed by atoms with Crippen LogP contribution in [0.2, 0.25) is 0 Å². The van der Waals surface area contributed by atoms with E-state index in [0.717, 1.165) is 4.31 Å². The molecule has 0 aromatic heterocycles. The molecule has 0 saturated carbocycles. The van der Waals surface area contributed by atoms with E-state index in [-0.39, 0.29) is 26.3 Å². The standard InChI is InChI=1S/C10H18N2O6S/c1-11(9-7-18-6-8(9)10(13)14)19(15,16)12-2-4-17-5-3-12/h8-9H,2-7H2,1H3,(H,13,14). The molecule has 0 amide bonds. The molecule has 0 bridgehead atoms. The maximum absolute atomic E-state index is 12.4. The van der Waals surface area contributed by atoms with Gasteiger partial charge in [0.15, 0.2) is 0 Å². The lowest BCUT2D eigenvalue weighted by atomic mass is 10.1. The normalized spacial score (nSPS) is 29.8. The van der Waals surface area contributed by atoms with Gasteiger partial charge in [0, 0.05) is 20.1 Å². The lowest BCUT2D eigenvalue weighted by Gasteiger charge is -2.33. The number of carboxylic acid groups (broad SMARTS) is 1. The number of carbonyl (C=O) groups is 1. The highest BCUT2D eigenvalue weighted by Gasteiger charge is 2.42. The first-order valence-corrected chi connectivity index (χ1v) is 7.45. The second kappa shape index (κ2) is 5.71. The van der Waals surface area contributed by atoms with Crippen LogP contribution in [0.4, 0.5) is 0 Å². The van der Waals surface area contributed by atoms with E-state index in [1.807, 2.05) is 0 Å². The zero-order chi connectivity index (χ0) is 14.0. The first-order valence-electron chi connectivity index (χ1n) is 6.06. The number of likely N-dealkylation sites (N-methyl/N-ethyl adjacent to an activating group) is 1. The fraction of sp³-hybridized carbons (Fsp3) is 0.900. The third-order valence-electron chi connectivity index (χ3n) is 3.49. The molecule has 2 atom stereocenters. The Kier molecular flexibility index (Phi) is 4.41. The molecule has 0 spiro atoms. The van der Waals surface area contributed by atoms with Crippen LogP contribution in [0.1, 0.15) is 0 Å². The molecular formula is C10H18N2O6S. The van der Waals surface area contributed by atoms with Gasteiger partial charge in [-0.1, -0.05) is 0 Å². The van der Waals surface area contributed by atoms with Gasteiger partial charge in [0.25, 0.3) is 10.2 Å². The Morgan fingerprint density at radius 1 is 1.26 bits per heavy atom. The van der Waals surface area contributed by atoms with Crippen molar-refractivity contribution in [3.8, 4) is 0 Å². The van der Waals surface area contributed by atoms with Crippen LogP contribution in [0.3, 0.4) is 0 Å². The summed E-state index contributed by atoms with van der Waals surface area (Å²) in [4.78, 5) is 11.1. The van der Waals surface area contributed by atoms with Gasteiger partial charge in [0.2, 0.25) is 0 Å². The van der Waals surface area contributed by atoms with Crippen LogP contribution >= 0.6 is 0 Å². The smallest absolute Gasteiger partial charge is 0.310 e. The summed E-state index contributed by atoms with van der Waals surface area (Å²) in [5.41, 5.74) is 0. The first-order chi connectivity index (χ1) is 8.94. The van der Waals surface area contributed by atoms with E-state index < -0.39 is 28.1 Å². The molecule has 9 heteroatoms. The third kappa shape index (κ3) is 2.90. The van der Waals surface area contributed by atoms with Crippen molar-refractivity contribution in [2.75, 3.05) is 46.6 Å². The van der Waals surface area contributed by atoms with Crippen LogP contribution in [-0.2, 0) is 24.5 Å². The Balaban J connectivity index is 2.13. The van der Waals surface area contributed by atoms with Crippen LogP contribution in [0.5, 0.6) is 0 Å². The Hall–Kier alpha value is -0.740. The molecule has 0 aromatic carbocycles. The monoisotopic (exact) mass is 294 g/mol. The van der Waals surface area contributed by atoms with Crippen molar-refractivity contribution in [2.24, 2.45) is 5.92 Å². The molecule has 1 N–H and O–H groups in total. The summed E-state index contributed by atoms with van der Waals surface area (Å²) in [6.07, 6.45) is 0. The minimum Gasteiger partial charge on any atom is -0.481 e. The maximum atomic E-state index is 12.4. The van der Waals surface area contributed by atoms with Gasteiger partial charge >= 0.3 is 5.97 Å². The van der Waals surface area contributed by atoms with Gasteiger partial charge < -0.3 is 14.6 Å². The van der Waals surface area contributed by atoms with Gasteiger partial charge in [-0.15, -0.1) is 0 Å². The average Bonchev–Trinajstić information content (AvgIpc) is 2.88. The Labute approximate surface area is 112 Å². The molecule has 2 aliphatic heterocycles. The van der Waals surface area contributed by atoms with E-state index in [1.165, 1.54) is 11.4 Å². The highest BCUT2D eigenvalue weighted by molar-refractivity contribution is 7.86. The van der Waals surface area contributed by atoms with Gasteiger partial charge in [-0.3, -0.25) is 4.79 Å². The Bertz CT molecular complexity index is 433. The second-order valence-corrected chi connectivity index (χ2v) is 6.57. The second-order valence-electron chi connectivity index (χ2n) is 4.58. The minimum absolute atomic E-state index is 0.0446. The molecule has 2 heterocycles. The predicted molar refractivity (Wildman–Crippen MR) is 64.8 cm³/mol. The number of aliphatic carboxylic acids is 1. The molecule has 2 unspecified atom stereocenters. The maximum Gasteiger partial charge on any atom is 0.310 e. The lowest BCUT2D eigenvalue weighted by Crippen LogP contribution is -2.52. The summed E-state index contributed by atoms with van der Waals surface area (Å²) in [6.45, 7) is 1.45. The van der Waals surface area contributed by atoms with E-state index in [0.29, 0.717) is 13.2 Å². The quantitative estimate of drug-likeness (QED) is 0.684. The van der Waals surface area contributed by atoms with Crippen molar-refractivity contribution in [1.29, 1.82) is 0 Å². The van der Waals surface area contributed by atoms with Crippen molar-refractivity contribution in [1.82, 2.24) is 8.61 Å². The van der Waals surface area contributed by atoms with E-state index >= 15 is 0 Å². The van der Waals surface area contributed by atoms with Crippen LogP contribution in [0, 0.1) is 5.92 Å². The summed E-state index contributed by atoms with van der Waals surface area (Å²) in [7, 11) is -2.27. The number of ether oxygens (including phenoxy) is 2. The van der Waals surface area contributed by atoms with Crippen LogP contribution in [0.15, 0.2) is 0 Å². The van der Waals surface area contributed by atoms with Crippen molar-refractivity contribution < 1.29 is 27.8 Å². The summed E-state index contributed by atoms with van der Waals surface area (Å²) >= 11 is 0. The molecule has 0 aromatic rings. The fourth-order valence-electron chi connectivity index (χ4n) is 2.27. The topological polar surface area (TPSA) is 96.4 Å². The molecule has 2 rings (SSSR count). The summed E-state index contributed by atoms with van der Waals surface area (Å²) in [6, 6.07) is -0.662. The number of hydrogen-bond donors (Lipinski definition) is 1. The molecule has 2 fully saturated rings. The third-order valence-corrected chi connectivity index (χ3v) is 5.51. The average molecular weight is 294 g/mol. The van der Waals surface area contributed by atoms with E-state index in [1.54, 1.807) is 0 Å². The van der Waals surface area contributed by atoms with Gasteiger partial charge in [0.1, 0.15) is 0 Å². The zero-order valence-corrected chi connectivity index (χ0v) is 11.5. The molecule has 2 saturated heterocycles. The van der Waals surface area contributed by atoms with Gasteiger partial charge in [-0.2, -0.15) is 17.0 Å². The highest BCUT2D eigenvalue weighted by Crippen LogP contribution is 2.23. The predicted octanol–water partition coefficient (Wildman–Crippen LogP) is -1.41. The Morgan fingerprint density at radius 2 is 1.89 bits per heavy atom. The van der Waals surface area contributed by atoms with E-state index in [2.05, 4.69) is 0 Å². The molecule has 2 aliphatic rings. The molecule has 8 nitrogen and oxygen atoms in total. The molecule has 19 heavy (non-hydrogen) atoms. The van der Waals surface area contributed by atoms with Gasteiger partial charge in [0.05, 0.1) is 38.4 Å². The van der Waals surface area contributed by atoms with Crippen LogP contribution in [0.25, 0.3) is 0 Å². The van der Waals surface area contributed by atoms with Gasteiger partial charge in [-0.25, -0.2) is 0 Å². The Morgan fingerprint density at radius 3 is 2.47 bits per heavy atom. The molecule has 0 aliphatic carbocycles. The molecule has 0 radical (unpaired) electrons. The molecular weight excluding hydrogens is 276 g/mol. The van der Waals surface area contributed by atoms with E-state index in [9.17, 15) is 13.2 Å². The number of rotatable bonds is 4. The zero-order valence-electron chi connectivity index (χ0n) is 10.7. The fourth-order valence-corrected chi connectivity index (χ4v) is 3.79. The van der Waals surface area contributed by atoms with Crippen molar-refractivity contribution >= 4 is 16.2 Å². The van der Waals surface area contributed by atoms with Crippen LogP contribution in [-0.4, -0.2) is 80.7 Å². The summed E-state index contributed by atoms with van der Waals surface area (Å²) < 4.78 is 37.4. The van der Waals surface area contributed by atoms with Crippen LogP contribution < -0.4 is 0 Å². The first kappa shape index (κ1) is 14.7. The number of carboxylic acids is 1. The van der Waals surface area contributed by atoms with Crippen molar-refractivity contribution in [3.63, 3.8) is 0 Å². The SMILES string of the molecule is CN(C1COCC1C(=O)O)S(=O)(=O)N1CCOCC1. The number of nitrogens with zero attached hydrogens (tertiary/aromatic N) is 2. The summed E-state index contributed by atoms with van der Waals surface area (Å²) in [5.74, 6) is -1.85. The number of morpholine rings is 1. The largest absolute Gasteiger partial charge is 0.481 e. The minimum atomic E-state index is -3.67. The van der Waals surface area contributed by atoms with Crippen molar-refractivity contribution in [2.45, 2.75) is 6.04 Å². The molecule has 110 valence electrons. The van der Waals surface area contributed by atoms with E-state index in [4.69, 9.17) is 14.6 Å².